The Morgan fingerprint density at radius 2 is 2.00 bits per heavy atom. The highest BCUT2D eigenvalue weighted by atomic mass is 16.6. The van der Waals surface area contributed by atoms with Crippen LogP contribution in [0.25, 0.3) is 0 Å². The third-order valence-electron chi connectivity index (χ3n) is 5.35. The van der Waals surface area contributed by atoms with Gasteiger partial charge >= 0.3 is 5.97 Å². The third kappa shape index (κ3) is 3.05. The van der Waals surface area contributed by atoms with E-state index in [-0.39, 0.29) is 42.7 Å². The van der Waals surface area contributed by atoms with Crippen molar-refractivity contribution in [2.75, 3.05) is 40.5 Å². The van der Waals surface area contributed by atoms with Crippen LogP contribution < -0.4 is 9.47 Å². The normalized spacial score (nSPS) is 24.2. The van der Waals surface area contributed by atoms with Gasteiger partial charge in [-0.25, -0.2) is 0 Å². The molecular formula is C17H20N2O8. The summed E-state index contributed by atoms with van der Waals surface area (Å²) in [6.07, 6.45) is 0.296. The van der Waals surface area contributed by atoms with E-state index < -0.39 is 27.9 Å². The number of nitro groups is 1. The van der Waals surface area contributed by atoms with Gasteiger partial charge in [0.2, 0.25) is 0 Å². The number of rotatable bonds is 5. The number of ether oxygens (including phenoxy) is 3. The second kappa shape index (κ2) is 7.03. The molecule has 0 aliphatic carbocycles. The van der Waals surface area contributed by atoms with Crippen LogP contribution in [0.1, 0.15) is 16.8 Å². The maximum atomic E-state index is 13.0. The Hall–Kier alpha value is -2.88. The summed E-state index contributed by atoms with van der Waals surface area (Å²) in [6, 6.07) is 2.39. The lowest BCUT2D eigenvalue weighted by molar-refractivity contribution is -0.385. The Labute approximate surface area is 154 Å². The Morgan fingerprint density at radius 1 is 1.33 bits per heavy atom. The van der Waals surface area contributed by atoms with Crippen LogP contribution >= 0.6 is 0 Å². The molecule has 2 fully saturated rings. The molecule has 2 atom stereocenters. The van der Waals surface area contributed by atoms with E-state index in [1.165, 1.54) is 25.2 Å². The summed E-state index contributed by atoms with van der Waals surface area (Å²) in [5, 5.41) is 21.2. The Balaban J connectivity index is 1.99. The zero-order valence-electron chi connectivity index (χ0n) is 15.0. The molecule has 0 bridgehead atoms. The van der Waals surface area contributed by atoms with Gasteiger partial charge in [-0.3, -0.25) is 19.7 Å². The second-order valence-electron chi connectivity index (χ2n) is 6.65. The van der Waals surface area contributed by atoms with Crippen LogP contribution in [0.5, 0.6) is 11.5 Å². The Morgan fingerprint density at radius 3 is 2.56 bits per heavy atom. The van der Waals surface area contributed by atoms with E-state index in [0.717, 1.165) is 6.07 Å². The van der Waals surface area contributed by atoms with Gasteiger partial charge in [0.1, 0.15) is 5.56 Å². The number of likely N-dealkylation sites (tertiary alicyclic amines) is 1. The number of fused-ring (bicyclic) bond motifs is 1. The highest BCUT2D eigenvalue weighted by molar-refractivity contribution is 5.99. The van der Waals surface area contributed by atoms with Crippen molar-refractivity contribution in [3.05, 3.63) is 27.8 Å². The lowest BCUT2D eigenvalue weighted by Crippen LogP contribution is -2.45. The first-order chi connectivity index (χ1) is 12.8. The van der Waals surface area contributed by atoms with E-state index >= 15 is 0 Å². The summed E-state index contributed by atoms with van der Waals surface area (Å²) < 4.78 is 15.6. The first-order valence-electron chi connectivity index (χ1n) is 8.35. The molecule has 10 nitrogen and oxygen atoms in total. The number of aliphatic carboxylic acids is 1. The fourth-order valence-corrected chi connectivity index (χ4v) is 3.82. The molecule has 2 heterocycles. The van der Waals surface area contributed by atoms with E-state index in [0.29, 0.717) is 13.0 Å². The van der Waals surface area contributed by atoms with Crippen LogP contribution in [0.15, 0.2) is 12.1 Å². The predicted molar refractivity (Wildman–Crippen MR) is 91.1 cm³/mol. The number of carbonyl (C=O) groups excluding carboxylic acids is 1. The zero-order chi connectivity index (χ0) is 19.8. The van der Waals surface area contributed by atoms with Crippen LogP contribution in [-0.4, -0.2) is 67.3 Å². The van der Waals surface area contributed by atoms with Crippen molar-refractivity contribution >= 4 is 17.6 Å². The number of nitro benzene ring substituents is 1. The Bertz CT molecular complexity index is 795. The average molecular weight is 380 g/mol. The van der Waals surface area contributed by atoms with Crippen molar-refractivity contribution in [2.24, 2.45) is 11.3 Å². The molecule has 1 N–H and O–H groups in total. The van der Waals surface area contributed by atoms with Crippen molar-refractivity contribution in [3.8, 4) is 11.5 Å². The first-order valence-corrected chi connectivity index (χ1v) is 8.35. The quantitative estimate of drug-likeness (QED) is 0.595. The second-order valence-corrected chi connectivity index (χ2v) is 6.65. The minimum Gasteiger partial charge on any atom is -0.493 e. The predicted octanol–water partition coefficient (Wildman–Crippen LogP) is 1.18. The molecule has 3 rings (SSSR count). The molecule has 0 saturated carbocycles. The minimum absolute atomic E-state index is 0.0132. The summed E-state index contributed by atoms with van der Waals surface area (Å²) in [6.45, 7) is 0.697. The van der Waals surface area contributed by atoms with Gasteiger partial charge in [-0.15, -0.1) is 0 Å². The van der Waals surface area contributed by atoms with Gasteiger partial charge in [-0.05, 0) is 6.42 Å². The van der Waals surface area contributed by atoms with Crippen molar-refractivity contribution in [1.29, 1.82) is 0 Å². The number of hydrogen-bond acceptors (Lipinski definition) is 7. The smallest absolute Gasteiger partial charge is 0.311 e. The van der Waals surface area contributed by atoms with Crippen LogP contribution in [0.2, 0.25) is 0 Å². The van der Waals surface area contributed by atoms with Gasteiger partial charge in [0.25, 0.3) is 11.6 Å². The van der Waals surface area contributed by atoms with E-state index in [4.69, 9.17) is 14.2 Å². The van der Waals surface area contributed by atoms with Crippen LogP contribution in [0.4, 0.5) is 5.69 Å². The maximum absolute atomic E-state index is 13.0. The van der Waals surface area contributed by atoms with E-state index in [2.05, 4.69) is 0 Å². The lowest BCUT2D eigenvalue weighted by Gasteiger charge is -2.33. The fourth-order valence-electron chi connectivity index (χ4n) is 3.82. The highest BCUT2D eigenvalue weighted by Crippen LogP contribution is 2.44. The standard InChI is InChI=1S/C17H20N2O8/c1-25-13-5-11(12(19(23)24)6-14(13)26-2)15(20)18-7-10-8-27-4-3-17(10,9-18)16(21)22/h5-6,10H,3-4,7-9H2,1-2H3,(H,21,22)/t10-,17+/m0/s1. The lowest BCUT2D eigenvalue weighted by atomic mass is 9.74. The topological polar surface area (TPSA) is 128 Å². The third-order valence-corrected chi connectivity index (χ3v) is 5.35. The average Bonchev–Trinajstić information content (AvgIpc) is 3.07. The summed E-state index contributed by atoms with van der Waals surface area (Å²) in [5.74, 6) is -1.64. The Kier molecular flexibility index (Phi) is 4.92. The number of carboxylic acids is 1. The molecule has 1 aromatic carbocycles. The largest absolute Gasteiger partial charge is 0.493 e. The molecule has 27 heavy (non-hydrogen) atoms. The molecule has 1 amide bonds. The molecule has 2 saturated heterocycles. The zero-order valence-corrected chi connectivity index (χ0v) is 15.0. The van der Waals surface area contributed by atoms with E-state index in [9.17, 15) is 24.8 Å². The van der Waals surface area contributed by atoms with Crippen molar-refractivity contribution < 1.29 is 33.8 Å². The van der Waals surface area contributed by atoms with Gasteiger partial charge in [0.15, 0.2) is 11.5 Å². The molecule has 0 aromatic heterocycles. The van der Waals surface area contributed by atoms with Gasteiger partial charge in [0, 0.05) is 31.7 Å². The van der Waals surface area contributed by atoms with Crippen molar-refractivity contribution in [3.63, 3.8) is 0 Å². The van der Waals surface area contributed by atoms with Crippen LogP contribution in [0, 0.1) is 21.4 Å². The van der Waals surface area contributed by atoms with Gasteiger partial charge in [-0.2, -0.15) is 0 Å². The maximum Gasteiger partial charge on any atom is 0.311 e. The summed E-state index contributed by atoms with van der Waals surface area (Å²) in [5.41, 5.74) is -1.68. The first kappa shape index (κ1) is 18.9. The summed E-state index contributed by atoms with van der Waals surface area (Å²) >= 11 is 0. The fraction of sp³-hybridized carbons (Fsp3) is 0.529. The van der Waals surface area contributed by atoms with Crippen LogP contribution in [0.3, 0.4) is 0 Å². The molecule has 2 aliphatic heterocycles. The van der Waals surface area contributed by atoms with Gasteiger partial charge < -0.3 is 24.2 Å². The van der Waals surface area contributed by atoms with E-state index in [1.54, 1.807) is 0 Å². The number of hydrogen-bond donors (Lipinski definition) is 1. The molecule has 2 aliphatic rings. The van der Waals surface area contributed by atoms with Crippen LogP contribution in [-0.2, 0) is 9.53 Å². The van der Waals surface area contributed by atoms with E-state index in [1.807, 2.05) is 0 Å². The molecule has 146 valence electrons. The van der Waals surface area contributed by atoms with Crippen molar-refractivity contribution in [1.82, 2.24) is 4.90 Å². The highest BCUT2D eigenvalue weighted by Gasteiger charge is 2.55. The number of amides is 1. The molecule has 10 heteroatoms. The molecule has 0 spiro atoms. The number of carbonyl (C=O) groups is 2. The van der Waals surface area contributed by atoms with Gasteiger partial charge in [0.05, 0.1) is 37.2 Å². The molecular weight excluding hydrogens is 360 g/mol. The molecule has 0 radical (unpaired) electrons. The monoisotopic (exact) mass is 380 g/mol. The SMILES string of the molecule is COc1cc(C(=O)N2C[C@H]3COCC[C@@]3(C(=O)O)C2)c([N+](=O)[O-])cc1OC. The van der Waals surface area contributed by atoms with Gasteiger partial charge in [-0.1, -0.05) is 0 Å². The number of benzene rings is 1. The minimum atomic E-state index is -1.08. The van der Waals surface area contributed by atoms with Crippen molar-refractivity contribution in [2.45, 2.75) is 6.42 Å². The summed E-state index contributed by atoms with van der Waals surface area (Å²) in [4.78, 5) is 37.1. The summed E-state index contributed by atoms with van der Waals surface area (Å²) in [7, 11) is 2.70. The molecule has 0 unspecified atom stereocenters. The number of carboxylic acid groups (broad SMARTS) is 1. The number of methoxy groups -OCH3 is 2. The molecule has 1 aromatic rings. The number of nitrogens with zero attached hydrogens (tertiary/aromatic N) is 2.